The Hall–Kier alpha value is -2.25. The van der Waals surface area contributed by atoms with Crippen LogP contribution in [-0.4, -0.2) is 29.1 Å². The van der Waals surface area contributed by atoms with Crippen molar-refractivity contribution in [3.63, 3.8) is 0 Å². The molecule has 0 amide bonds. The van der Waals surface area contributed by atoms with Gasteiger partial charge in [-0.15, -0.1) is 0 Å². The molecule has 1 aromatic heterocycles. The third-order valence-corrected chi connectivity index (χ3v) is 4.70. The Bertz CT molecular complexity index is 708. The van der Waals surface area contributed by atoms with Gasteiger partial charge in [0, 0.05) is 36.8 Å². The molecule has 2 aliphatic rings. The summed E-state index contributed by atoms with van der Waals surface area (Å²) in [5.74, 6) is 1.17. The number of halogens is 1. The molecule has 1 aromatic carbocycles. The molecular weight excluding hydrogens is 295 g/mol. The number of nitrogens with one attached hydrogen (secondary N) is 2. The van der Waals surface area contributed by atoms with Gasteiger partial charge in [0.05, 0.1) is 6.04 Å². The van der Waals surface area contributed by atoms with Crippen molar-refractivity contribution in [2.45, 2.75) is 18.5 Å². The van der Waals surface area contributed by atoms with Crippen LogP contribution in [0, 0.1) is 11.7 Å². The van der Waals surface area contributed by atoms with Crippen LogP contribution in [0.1, 0.15) is 18.0 Å². The standard InChI is InChI=1S/C16H19FN6/c17-12-4-2-1-3-10(12)15-11-9-23(8-6-13(11)21-22-15)16-19-7-5-14(18)20-16/h1-5,7,11,13,15,21-22H,6,8-9H2,(H2,18,19,20). The van der Waals surface area contributed by atoms with Crippen molar-refractivity contribution >= 4 is 11.8 Å². The largest absolute Gasteiger partial charge is 0.384 e. The zero-order valence-corrected chi connectivity index (χ0v) is 12.6. The Kier molecular flexibility index (Phi) is 3.59. The summed E-state index contributed by atoms with van der Waals surface area (Å²) in [6.07, 6.45) is 2.62. The number of piperidine rings is 1. The molecule has 0 aliphatic carbocycles. The van der Waals surface area contributed by atoms with Gasteiger partial charge in [-0.2, -0.15) is 4.98 Å². The topological polar surface area (TPSA) is 79.1 Å². The first-order valence-corrected chi connectivity index (χ1v) is 7.81. The van der Waals surface area contributed by atoms with E-state index in [1.54, 1.807) is 18.3 Å². The van der Waals surface area contributed by atoms with Gasteiger partial charge in [-0.1, -0.05) is 18.2 Å². The molecule has 2 saturated heterocycles. The quantitative estimate of drug-likeness (QED) is 0.774. The molecule has 3 atom stereocenters. The van der Waals surface area contributed by atoms with Gasteiger partial charge in [-0.3, -0.25) is 5.43 Å². The Morgan fingerprint density at radius 3 is 2.91 bits per heavy atom. The monoisotopic (exact) mass is 314 g/mol. The Balaban J connectivity index is 1.59. The molecule has 0 saturated carbocycles. The second-order valence-electron chi connectivity index (χ2n) is 6.07. The second-order valence-corrected chi connectivity index (χ2v) is 6.07. The number of nitrogens with zero attached hydrogens (tertiary/aromatic N) is 3. The lowest BCUT2D eigenvalue weighted by Crippen LogP contribution is -2.46. The summed E-state index contributed by atoms with van der Waals surface area (Å²) in [7, 11) is 0. The molecule has 6 nitrogen and oxygen atoms in total. The molecule has 4 N–H and O–H groups in total. The van der Waals surface area contributed by atoms with Gasteiger partial charge in [0.2, 0.25) is 5.95 Å². The lowest BCUT2D eigenvalue weighted by Gasteiger charge is -2.36. The molecule has 0 bridgehead atoms. The van der Waals surface area contributed by atoms with Gasteiger partial charge < -0.3 is 10.6 Å². The molecule has 2 aliphatic heterocycles. The van der Waals surface area contributed by atoms with Gasteiger partial charge in [-0.25, -0.2) is 14.8 Å². The SMILES string of the molecule is Nc1ccnc(N2CCC3NNC(c4ccccc4F)C3C2)n1. The Labute approximate surface area is 133 Å². The summed E-state index contributed by atoms with van der Waals surface area (Å²) in [5.41, 5.74) is 13.0. The summed E-state index contributed by atoms with van der Waals surface area (Å²) in [6, 6.07) is 8.86. The van der Waals surface area contributed by atoms with Crippen molar-refractivity contribution in [1.29, 1.82) is 0 Å². The predicted molar refractivity (Wildman–Crippen MR) is 86.0 cm³/mol. The van der Waals surface area contributed by atoms with Crippen LogP contribution in [0.5, 0.6) is 0 Å². The third-order valence-electron chi connectivity index (χ3n) is 4.70. The summed E-state index contributed by atoms with van der Waals surface area (Å²) >= 11 is 0. The molecule has 4 rings (SSSR count). The van der Waals surface area contributed by atoms with Crippen LogP contribution >= 0.6 is 0 Å². The van der Waals surface area contributed by atoms with Crippen LogP contribution in [0.15, 0.2) is 36.5 Å². The van der Waals surface area contributed by atoms with Crippen LogP contribution in [0.3, 0.4) is 0 Å². The minimum absolute atomic E-state index is 0.0648. The highest BCUT2D eigenvalue weighted by molar-refractivity contribution is 5.39. The minimum Gasteiger partial charge on any atom is -0.384 e. The first kappa shape index (κ1) is 14.3. The number of anilines is 2. The number of rotatable bonds is 2. The highest BCUT2D eigenvalue weighted by atomic mass is 19.1. The molecule has 0 spiro atoms. The fourth-order valence-corrected chi connectivity index (χ4v) is 3.53. The maximum absolute atomic E-state index is 14.2. The number of aromatic nitrogens is 2. The number of hydrogen-bond acceptors (Lipinski definition) is 6. The zero-order chi connectivity index (χ0) is 15.8. The fourth-order valence-electron chi connectivity index (χ4n) is 3.53. The van der Waals surface area contributed by atoms with E-state index in [1.165, 1.54) is 6.07 Å². The second kappa shape index (κ2) is 5.75. The summed E-state index contributed by atoms with van der Waals surface area (Å²) in [4.78, 5) is 10.7. The number of fused-ring (bicyclic) bond motifs is 1. The zero-order valence-electron chi connectivity index (χ0n) is 12.6. The van der Waals surface area contributed by atoms with E-state index in [0.717, 1.165) is 19.5 Å². The van der Waals surface area contributed by atoms with Crippen molar-refractivity contribution in [1.82, 2.24) is 20.8 Å². The normalized spacial score (nSPS) is 27.0. The summed E-state index contributed by atoms with van der Waals surface area (Å²) in [6.45, 7) is 1.61. The van der Waals surface area contributed by atoms with E-state index in [2.05, 4.69) is 25.7 Å². The van der Waals surface area contributed by atoms with Gasteiger partial charge in [-0.05, 0) is 18.6 Å². The highest BCUT2D eigenvalue weighted by Crippen LogP contribution is 2.35. The van der Waals surface area contributed by atoms with E-state index >= 15 is 0 Å². The van der Waals surface area contributed by atoms with E-state index < -0.39 is 0 Å². The van der Waals surface area contributed by atoms with Crippen LogP contribution in [0.25, 0.3) is 0 Å². The summed E-state index contributed by atoms with van der Waals surface area (Å²) in [5, 5.41) is 0. The first-order valence-electron chi connectivity index (χ1n) is 7.81. The van der Waals surface area contributed by atoms with Crippen molar-refractivity contribution in [3.05, 3.63) is 47.9 Å². The van der Waals surface area contributed by atoms with Gasteiger partial charge in [0.25, 0.3) is 0 Å². The van der Waals surface area contributed by atoms with Crippen LogP contribution in [-0.2, 0) is 0 Å². The molecule has 3 unspecified atom stereocenters. The van der Waals surface area contributed by atoms with Gasteiger partial charge in [0.15, 0.2) is 0 Å². The average Bonchev–Trinajstić information content (AvgIpc) is 2.98. The van der Waals surface area contributed by atoms with Crippen LogP contribution in [0.4, 0.5) is 16.2 Å². The molecule has 7 heteroatoms. The molecule has 120 valence electrons. The van der Waals surface area contributed by atoms with E-state index in [-0.39, 0.29) is 17.8 Å². The maximum atomic E-state index is 14.2. The van der Waals surface area contributed by atoms with E-state index in [9.17, 15) is 4.39 Å². The number of hydrazine groups is 1. The van der Waals surface area contributed by atoms with Gasteiger partial charge in [0.1, 0.15) is 11.6 Å². The molecule has 2 aromatic rings. The number of nitrogen functional groups attached to an aromatic ring is 1. The Morgan fingerprint density at radius 1 is 1.22 bits per heavy atom. The number of hydrogen-bond donors (Lipinski definition) is 3. The van der Waals surface area contributed by atoms with Gasteiger partial charge >= 0.3 is 0 Å². The van der Waals surface area contributed by atoms with Crippen molar-refractivity contribution in [3.8, 4) is 0 Å². The lowest BCUT2D eigenvalue weighted by molar-refractivity contribution is 0.349. The summed E-state index contributed by atoms with van der Waals surface area (Å²) < 4.78 is 14.2. The van der Waals surface area contributed by atoms with E-state index in [4.69, 9.17) is 5.73 Å². The molecular formula is C16H19FN6. The van der Waals surface area contributed by atoms with Crippen molar-refractivity contribution in [2.24, 2.45) is 5.92 Å². The van der Waals surface area contributed by atoms with Crippen molar-refractivity contribution < 1.29 is 4.39 Å². The van der Waals surface area contributed by atoms with Crippen LogP contribution < -0.4 is 21.5 Å². The molecule has 2 fully saturated rings. The van der Waals surface area contributed by atoms with E-state index in [0.29, 0.717) is 23.4 Å². The Morgan fingerprint density at radius 2 is 2.09 bits per heavy atom. The smallest absolute Gasteiger partial charge is 0.227 e. The van der Waals surface area contributed by atoms with Crippen LogP contribution in [0.2, 0.25) is 0 Å². The minimum atomic E-state index is -0.176. The molecule has 23 heavy (non-hydrogen) atoms. The first-order chi connectivity index (χ1) is 11.2. The van der Waals surface area contributed by atoms with Crippen molar-refractivity contribution in [2.75, 3.05) is 23.7 Å². The fraction of sp³-hybridized carbons (Fsp3) is 0.375. The average molecular weight is 314 g/mol. The highest BCUT2D eigenvalue weighted by Gasteiger charge is 2.41. The predicted octanol–water partition coefficient (Wildman–Crippen LogP) is 1.24. The maximum Gasteiger partial charge on any atom is 0.227 e. The number of benzene rings is 1. The third kappa shape index (κ3) is 2.62. The van der Waals surface area contributed by atoms with E-state index in [1.807, 2.05) is 12.1 Å². The lowest BCUT2D eigenvalue weighted by atomic mass is 9.85. The molecule has 0 radical (unpaired) electrons. The number of nitrogens with two attached hydrogens (primary N) is 1. The molecule has 3 heterocycles.